The Kier molecular flexibility index (Phi) is 7.53. The maximum atomic E-state index is 6.33. The van der Waals surface area contributed by atoms with Crippen molar-refractivity contribution < 1.29 is 4.74 Å². The lowest BCUT2D eigenvalue weighted by Crippen LogP contribution is -2.47. The molecule has 4 atom stereocenters. The van der Waals surface area contributed by atoms with Crippen LogP contribution >= 0.6 is 0 Å². The molecule has 0 heterocycles. The maximum Gasteiger partial charge on any atom is 0.0730 e. The molecule has 1 aliphatic rings. The molecule has 1 saturated carbocycles. The predicted molar refractivity (Wildman–Crippen MR) is 88.1 cm³/mol. The second-order valence-corrected chi connectivity index (χ2v) is 7.81. The molecular weight excluding hydrogens is 246 g/mol. The molecule has 120 valence electrons. The van der Waals surface area contributed by atoms with Gasteiger partial charge in [-0.3, -0.25) is 0 Å². The number of hydrogen-bond acceptors (Lipinski definition) is 2. The minimum atomic E-state index is 0.409. The van der Waals surface area contributed by atoms with Crippen LogP contribution in [0.15, 0.2) is 0 Å². The van der Waals surface area contributed by atoms with Gasteiger partial charge in [-0.1, -0.05) is 48.0 Å². The first-order chi connectivity index (χ1) is 9.38. The van der Waals surface area contributed by atoms with Crippen molar-refractivity contribution in [3.63, 3.8) is 0 Å². The van der Waals surface area contributed by atoms with Crippen LogP contribution in [0.1, 0.15) is 73.6 Å². The molecule has 20 heavy (non-hydrogen) atoms. The van der Waals surface area contributed by atoms with Crippen LogP contribution in [0.4, 0.5) is 0 Å². The van der Waals surface area contributed by atoms with Gasteiger partial charge in [0, 0.05) is 12.6 Å². The molecule has 1 aliphatic carbocycles. The maximum absolute atomic E-state index is 6.33. The molecule has 0 spiro atoms. The van der Waals surface area contributed by atoms with Gasteiger partial charge in [0.15, 0.2) is 0 Å². The van der Waals surface area contributed by atoms with Gasteiger partial charge in [0.05, 0.1) is 6.10 Å². The third-order valence-corrected chi connectivity index (χ3v) is 4.86. The fourth-order valence-electron chi connectivity index (χ4n) is 3.46. The molecule has 2 heteroatoms. The average molecular weight is 284 g/mol. The summed E-state index contributed by atoms with van der Waals surface area (Å²) in [6, 6.07) is 0.562. The Balaban J connectivity index is 2.54. The van der Waals surface area contributed by atoms with Crippen LogP contribution in [-0.4, -0.2) is 25.3 Å². The number of likely N-dealkylation sites (N-methyl/N-ethyl adjacent to an activating group) is 1. The lowest BCUT2D eigenvalue weighted by Gasteiger charge is -2.42. The third-order valence-electron chi connectivity index (χ3n) is 4.86. The molecule has 1 fully saturated rings. The van der Waals surface area contributed by atoms with E-state index in [9.17, 15) is 0 Å². The first-order valence-electron chi connectivity index (χ1n) is 8.73. The van der Waals surface area contributed by atoms with Gasteiger partial charge >= 0.3 is 0 Å². The highest BCUT2D eigenvalue weighted by atomic mass is 16.5. The van der Waals surface area contributed by atoms with Crippen LogP contribution in [0.2, 0.25) is 0 Å². The zero-order chi connectivity index (χ0) is 15.2. The van der Waals surface area contributed by atoms with E-state index < -0.39 is 0 Å². The van der Waals surface area contributed by atoms with Gasteiger partial charge in [0.25, 0.3) is 0 Å². The Morgan fingerprint density at radius 1 is 1.20 bits per heavy atom. The molecule has 0 aromatic carbocycles. The molecule has 1 N–H and O–H groups in total. The van der Waals surface area contributed by atoms with Crippen molar-refractivity contribution in [2.45, 2.75) is 85.8 Å². The summed E-state index contributed by atoms with van der Waals surface area (Å²) in [6.45, 7) is 15.9. The van der Waals surface area contributed by atoms with E-state index >= 15 is 0 Å². The van der Waals surface area contributed by atoms with E-state index in [0.29, 0.717) is 23.5 Å². The molecule has 0 aromatic rings. The first-order valence-corrected chi connectivity index (χ1v) is 8.73. The summed E-state index contributed by atoms with van der Waals surface area (Å²) in [5, 5.41) is 3.64. The van der Waals surface area contributed by atoms with Crippen LogP contribution in [0, 0.1) is 17.3 Å². The Labute approximate surface area is 127 Å². The molecule has 0 amide bonds. The van der Waals surface area contributed by atoms with E-state index in [1.54, 1.807) is 0 Å². The monoisotopic (exact) mass is 283 g/mol. The summed E-state index contributed by atoms with van der Waals surface area (Å²) < 4.78 is 6.33. The molecule has 0 aliphatic heterocycles. The highest BCUT2D eigenvalue weighted by molar-refractivity contribution is 4.89. The Morgan fingerprint density at radius 3 is 2.45 bits per heavy atom. The summed E-state index contributed by atoms with van der Waals surface area (Å²) in [7, 11) is 0. The van der Waals surface area contributed by atoms with Crippen molar-refractivity contribution in [2.75, 3.05) is 13.2 Å². The normalized spacial score (nSPS) is 29.4. The van der Waals surface area contributed by atoms with Crippen molar-refractivity contribution in [3.8, 4) is 0 Å². The van der Waals surface area contributed by atoms with Gasteiger partial charge < -0.3 is 10.1 Å². The van der Waals surface area contributed by atoms with E-state index in [2.05, 4.69) is 46.9 Å². The average Bonchev–Trinajstić information content (AvgIpc) is 2.37. The largest absolute Gasteiger partial charge is 0.376 e. The van der Waals surface area contributed by atoms with Crippen LogP contribution in [0.5, 0.6) is 0 Å². The molecule has 2 nitrogen and oxygen atoms in total. The number of ether oxygens (including phenoxy) is 1. The molecule has 0 bridgehead atoms. The van der Waals surface area contributed by atoms with Crippen molar-refractivity contribution >= 4 is 0 Å². The van der Waals surface area contributed by atoms with E-state index in [1.807, 2.05) is 0 Å². The lowest BCUT2D eigenvalue weighted by molar-refractivity contribution is -0.0393. The summed E-state index contributed by atoms with van der Waals surface area (Å²) in [6.07, 6.45) is 6.78. The Bertz CT molecular complexity index is 259. The van der Waals surface area contributed by atoms with E-state index in [1.165, 1.54) is 32.1 Å². The third kappa shape index (κ3) is 5.73. The fraction of sp³-hybridized carbons (Fsp3) is 1.00. The van der Waals surface area contributed by atoms with Crippen LogP contribution in [0.25, 0.3) is 0 Å². The zero-order valence-electron chi connectivity index (χ0n) is 14.7. The van der Waals surface area contributed by atoms with Crippen molar-refractivity contribution in [1.82, 2.24) is 5.32 Å². The molecule has 0 aromatic heterocycles. The molecule has 4 unspecified atom stereocenters. The van der Waals surface area contributed by atoms with Gasteiger partial charge in [-0.2, -0.15) is 0 Å². The van der Waals surface area contributed by atoms with E-state index in [0.717, 1.165) is 19.1 Å². The number of nitrogens with one attached hydrogen (secondary N) is 1. The van der Waals surface area contributed by atoms with Gasteiger partial charge in [-0.05, 0) is 49.5 Å². The second-order valence-electron chi connectivity index (χ2n) is 7.81. The van der Waals surface area contributed by atoms with E-state index in [4.69, 9.17) is 4.74 Å². The Morgan fingerprint density at radius 2 is 1.90 bits per heavy atom. The second kappa shape index (κ2) is 8.38. The summed E-state index contributed by atoms with van der Waals surface area (Å²) in [4.78, 5) is 0. The van der Waals surface area contributed by atoms with Gasteiger partial charge in [0.2, 0.25) is 0 Å². The smallest absolute Gasteiger partial charge is 0.0730 e. The number of hydrogen-bond donors (Lipinski definition) is 1. The fourth-order valence-corrected chi connectivity index (χ4v) is 3.46. The summed E-state index contributed by atoms with van der Waals surface area (Å²) in [5.41, 5.74) is 0.411. The van der Waals surface area contributed by atoms with Crippen LogP contribution in [-0.2, 0) is 4.74 Å². The summed E-state index contributed by atoms with van der Waals surface area (Å²) in [5.74, 6) is 1.49. The minimum Gasteiger partial charge on any atom is -0.376 e. The zero-order valence-corrected chi connectivity index (χ0v) is 14.7. The summed E-state index contributed by atoms with van der Waals surface area (Å²) >= 11 is 0. The molecule has 0 radical (unpaired) electrons. The van der Waals surface area contributed by atoms with Gasteiger partial charge in [0.1, 0.15) is 0 Å². The van der Waals surface area contributed by atoms with Gasteiger partial charge in [-0.15, -0.1) is 0 Å². The minimum absolute atomic E-state index is 0.409. The molecule has 0 saturated heterocycles. The molecular formula is C18H37NO. The van der Waals surface area contributed by atoms with Crippen molar-refractivity contribution in [3.05, 3.63) is 0 Å². The lowest BCUT2D eigenvalue weighted by atomic mass is 9.70. The van der Waals surface area contributed by atoms with Crippen LogP contribution < -0.4 is 5.32 Å². The predicted octanol–water partition coefficient (Wildman–Crippen LogP) is 4.63. The molecule has 1 rings (SSSR count). The highest BCUT2D eigenvalue weighted by Gasteiger charge is 2.36. The van der Waals surface area contributed by atoms with Crippen LogP contribution in [0.3, 0.4) is 0 Å². The van der Waals surface area contributed by atoms with Crippen molar-refractivity contribution in [2.24, 2.45) is 17.3 Å². The number of rotatable bonds is 7. The highest BCUT2D eigenvalue weighted by Crippen LogP contribution is 2.39. The van der Waals surface area contributed by atoms with E-state index in [-0.39, 0.29) is 0 Å². The topological polar surface area (TPSA) is 21.3 Å². The standard InChI is InChI=1S/C18H37NO/c1-7-9-14(3)13-20-17-12-15(18(4,5)6)10-11-16(17)19-8-2/h14-17,19H,7-13H2,1-6H3. The first kappa shape index (κ1) is 18.0. The SMILES string of the molecule is CCCC(C)COC1CC(C(C)(C)C)CCC1NCC. The van der Waals surface area contributed by atoms with Crippen molar-refractivity contribution in [1.29, 1.82) is 0 Å². The van der Waals surface area contributed by atoms with Gasteiger partial charge in [-0.25, -0.2) is 0 Å². The quantitative estimate of drug-likeness (QED) is 0.735. The Hall–Kier alpha value is -0.0800.